The molecule has 4 heteroatoms. The van der Waals surface area contributed by atoms with Gasteiger partial charge in [0, 0.05) is 47.3 Å². The van der Waals surface area contributed by atoms with Gasteiger partial charge in [-0.1, -0.05) is 0 Å². The minimum absolute atomic E-state index is 0.218. The molecule has 2 N–H and O–H groups in total. The predicted molar refractivity (Wildman–Crippen MR) is 56.0 cm³/mol. The van der Waals surface area contributed by atoms with Crippen molar-refractivity contribution in [2.45, 2.75) is 18.7 Å². The molecule has 13 heavy (non-hydrogen) atoms. The number of nitrogens with one attached hydrogen (secondary N) is 2. The van der Waals surface area contributed by atoms with Crippen molar-refractivity contribution >= 4 is 10.8 Å². The first-order valence-electron chi connectivity index (χ1n) is 4.35. The lowest BCUT2D eigenvalue weighted by atomic mass is 10.4. The van der Waals surface area contributed by atoms with Crippen LogP contribution in [0.4, 0.5) is 0 Å². The molecule has 0 saturated heterocycles. The molecule has 0 radical (unpaired) electrons. The second kappa shape index (κ2) is 5.19. The van der Waals surface area contributed by atoms with Crippen LogP contribution in [0.1, 0.15) is 12.6 Å². The summed E-state index contributed by atoms with van der Waals surface area (Å²) < 4.78 is 11.0. The summed E-state index contributed by atoms with van der Waals surface area (Å²) in [6.45, 7) is 3.59. The van der Waals surface area contributed by atoms with Gasteiger partial charge in [0.1, 0.15) is 0 Å². The molecule has 0 fully saturated rings. The van der Waals surface area contributed by atoms with Crippen LogP contribution in [-0.2, 0) is 17.3 Å². The Balaban J connectivity index is 2.18. The summed E-state index contributed by atoms with van der Waals surface area (Å²) in [7, 11) is -0.731. The van der Waals surface area contributed by atoms with Crippen LogP contribution in [-0.4, -0.2) is 27.2 Å². The Kier molecular flexibility index (Phi) is 4.18. The zero-order valence-corrected chi connectivity index (χ0v) is 8.86. The average molecular weight is 200 g/mol. The van der Waals surface area contributed by atoms with Gasteiger partial charge in [-0.05, 0) is 19.1 Å². The van der Waals surface area contributed by atoms with Crippen molar-refractivity contribution in [2.24, 2.45) is 0 Å². The fourth-order valence-electron chi connectivity index (χ4n) is 1.00. The van der Waals surface area contributed by atoms with Crippen LogP contribution in [0.2, 0.25) is 0 Å². The van der Waals surface area contributed by atoms with E-state index in [2.05, 4.69) is 10.3 Å². The maximum Gasteiger partial charge on any atom is 0.0441 e. The maximum atomic E-state index is 11.0. The van der Waals surface area contributed by atoms with Gasteiger partial charge in [-0.15, -0.1) is 0 Å². The molecule has 0 bridgehead atoms. The van der Waals surface area contributed by atoms with Gasteiger partial charge in [-0.2, -0.15) is 0 Å². The third-order valence-corrected chi connectivity index (χ3v) is 3.28. The Morgan fingerprint density at radius 1 is 1.69 bits per heavy atom. The molecule has 1 aromatic heterocycles. The van der Waals surface area contributed by atoms with Crippen molar-refractivity contribution < 1.29 is 4.21 Å². The zero-order chi connectivity index (χ0) is 9.68. The summed E-state index contributed by atoms with van der Waals surface area (Å²) in [6.07, 6.45) is 3.64. The molecule has 74 valence electrons. The minimum atomic E-state index is -0.731. The smallest absolute Gasteiger partial charge is 0.0441 e. The van der Waals surface area contributed by atoms with Crippen LogP contribution in [0.25, 0.3) is 0 Å². The topological polar surface area (TPSA) is 44.9 Å². The van der Waals surface area contributed by atoms with Gasteiger partial charge in [0.05, 0.1) is 0 Å². The predicted octanol–water partition coefficient (Wildman–Crippen LogP) is 0.871. The molecule has 0 aliphatic rings. The fraction of sp³-hybridized carbons (Fsp3) is 0.556. The molecule has 1 rings (SSSR count). The van der Waals surface area contributed by atoms with Crippen molar-refractivity contribution in [3.63, 3.8) is 0 Å². The fourth-order valence-corrected chi connectivity index (χ4v) is 1.36. The van der Waals surface area contributed by atoms with E-state index in [0.717, 1.165) is 18.8 Å². The van der Waals surface area contributed by atoms with Gasteiger partial charge in [0.2, 0.25) is 0 Å². The Morgan fingerprint density at radius 3 is 3.00 bits per heavy atom. The molecule has 0 amide bonds. The number of aromatic amines is 1. The van der Waals surface area contributed by atoms with Crippen LogP contribution in [0.3, 0.4) is 0 Å². The van der Waals surface area contributed by atoms with Crippen LogP contribution in [0.15, 0.2) is 18.3 Å². The maximum absolute atomic E-state index is 11.0. The first kappa shape index (κ1) is 10.5. The van der Waals surface area contributed by atoms with Crippen molar-refractivity contribution in [3.8, 4) is 0 Å². The highest BCUT2D eigenvalue weighted by atomic mass is 32.2. The highest BCUT2D eigenvalue weighted by Gasteiger charge is 2.04. The summed E-state index contributed by atoms with van der Waals surface area (Å²) in [4.78, 5) is 3.10. The number of rotatable bonds is 5. The lowest BCUT2D eigenvalue weighted by Crippen LogP contribution is -2.27. The molecule has 1 aromatic rings. The summed E-state index contributed by atoms with van der Waals surface area (Å²) in [5.74, 6) is 0. The van der Waals surface area contributed by atoms with Crippen molar-refractivity contribution in [2.75, 3.05) is 12.8 Å². The van der Waals surface area contributed by atoms with Crippen molar-refractivity contribution in [1.29, 1.82) is 0 Å². The van der Waals surface area contributed by atoms with Gasteiger partial charge in [-0.3, -0.25) is 4.21 Å². The molecular formula is C9H16N2OS. The standard InChI is InChI=1S/C9H16N2OS/c1-8(13(2)12)6-10-7-9-4-3-5-11-9/h3-5,8,10-11H,6-7H2,1-2H3. The molecule has 2 atom stereocenters. The van der Waals surface area contributed by atoms with Crippen LogP contribution in [0, 0.1) is 0 Å². The van der Waals surface area contributed by atoms with Gasteiger partial charge in [0.15, 0.2) is 0 Å². The Morgan fingerprint density at radius 2 is 2.46 bits per heavy atom. The molecule has 1 heterocycles. The SMILES string of the molecule is CC(CNCc1ccc[nH]1)S(C)=O. The Bertz CT molecular complexity index is 259. The lowest BCUT2D eigenvalue weighted by molar-refractivity contribution is 0.643. The van der Waals surface area contributed by atoms with Gasteiger partial charge < -0.3 is 10.3 Å². The van der Waals surface area contributed by atoms with E-state index >= 15 is 0 Å². The normalized spacial score (nSPS) is 15.5. The first-order valence-corrected chi connectivity index (χ1v) is 5.97. The van der Waals surface area contributed by atoms with Gasteiger partial charge in [0.25, 0.3) is 0 Å². The van der Waals surface area contributed by atoms with E-state index in [0.29, 0.717) is 0 Å². The number of H-pyrrole nitrogens is 1. The number of hydrogen-bond donors (Lipinski definition) is 2. The molecule has 0 saturated carbocycles. The third kappa shape index (κ3) is 3.74. The largest absolute Gasteiger partial charge is 0.364 e. The molecule has 0 aliphatic heterocycles. The van der Waals surface area contributed by atoms with Crippen LogP contribution >= 0.6 is 0 Å². The molecule has 2 unspecified atom stereocenters. The van der Waals surface area contributed by atoms with Crippen LogP contribution in [0.5, 0.6) is 0 Å². The van der Waals surface area contributed by atoms with Crippen molar-refractivity contribution in [3.05, 3.63) is 24.0 Å². The highest BCUT2D eigenvalue weighted by molar-refractivity contribution is 7.84. The second-order valence-corrected chi connectivity index (χ2v) is 4.94. The average Bonchev–Trinajstić information content (AvgIpc) is 2.56. The summed E-state index contributed by atoms with van der Waals surface area (Å²) in [5.41, 5.74) is 1.16. The van der Waals surface area contributed by atoms with Crippen LogP contribution < -0.4 is 5.32 Å². The first-order chi connectivity index (χ1) is 6.20. The second-order valence-electron chi connectivity index (χ2n) is 3.14. The minimum Gasteiger partial charge on any atom is -0.364 e. The molecule has 0 aromatic carbocycles. The number of aromatic nitrogens is 1. The van der Waals surface area contributed by atoms with E-state index in [1.165, 1.54) is 0 Å². The molecule has 0 spiro atoms. The Labute approximate surface area is 81.4 Å². The highest BCUT2D eigenvalue weighted by Crippen LogP contribution is 1.94. The Hall–Kier alpha value is -0.610. The van der Waals surface area contributed by atoms with E-state index in [-0.39, 0.29) is 5.25 Å². The molecule has 0 aliphatic carbocycles. The van der Waals surface area contributed by atoms with E-state index in [1.54, 1.807) is 6.26 Å². The molecular weight excluding hydrogens is 184 g/mol. The van der Waals surface area contributed by atoms with E-state index in [9.17, 15) is 4.21 Å². The summed E-state index contributed by atoms with van der Waals surface area (Å²) in [5, 5.41) is 3.46. The lowest BCUT2D eigenvalue weighted by Gasteiger charge is -2.08. The summed E-state index contributed by atoms with van der Waals surface area (Å²) in [6, 6.07) is 4.00. The van der Waals surface area contributed by atoms with Gasteiger partial charge in [-0.25, -0.2) is 0 Å². The zero-order valence-electron chi connectivity index (χ0n) is 8.04. The third-order valence-electron chi connectivity index (χ3n) is 1.98. The quantitative estimate of drug-likeness (QED) is 0.741. The van der Waals surface area contributed by atoms with E-state index < -0.39 is 10.8 Å². The van der Waals surface area contributed by atoms with Gasteiger partial charge >= 0.3 is 0 Å². The summed E-state index contributed by atoms with van der Waals surface area (Å²) >= 11 is 0. The monoisotopic (exact) mass is 200 g/mol. The van der Waals surface area contributed by atoms with E-state index in [4.69, 9.17) is 0 Å². The van der Waals surface area contributed by atoms with Crippen molar-refractivity contribution in [1.82, 2.24) is 10.3 Å². The number of hydrogen-bond acceptors (Lipinski definition) is 2. The molecule has 3 nitrogen and oxygen atoms in total. The van der Waals surface area contributed by atoms with E-state index in [1.807, 2.05) is 25.3 Å².